The number of anilines is 1. The fourth-order valence-electron chi connectivity index (χ4n) is 3.40. The summed E-state index contributed by atoms with van der Waals surface area (Å²) >= 11 is 1.73. The van der Waals surface area contributed by atoms with Crippen LogP contribution in [0.15, 0.2) is 23.3 Å². The molecule has 0 atom stereocenters. The first-order valence-electron chi connectivity index (χ1n) is 10.5. The Morgan fingerprint density at radius 2 is 1.90 bits per heavy atom. The van der Waals surface area contributed by atoms with Crippen LogP contribution >= 0.6 is 35.3 Å². The molecule has 1 aliphatic rings. The second kappa shape index (κ2) is 12.4. The monoisotopic (exact) mass is 543 g/mol. The number of nitrogens with zero attached hydrogens (tertiary/aromatic N) is 5. The van der Waals surface area contributed by atoms with Gasteiger partial charge in [0.1, 0.15) is 5.82 Å². The number of hydrogen-bond acceptors (Lipinski definition) is 6. The topological polar surface area (TPSA) is 68.7 Å². The molecule has 7 nitrogen and oxygen atoms in total. The molecule has 1 fully saturated rings. The van der Waals surface area contributed by atoms with E-state index < -0.39 is 0 Å². The highest BCUT2D eigenvalue weighted by atomic mass is 127. The average Bonchev–Trinajstić information content (AvgIpc) is 3.07. The Kier molecular flexibility index (Phi) is 10.3. The van der Waals surface area contributed by atoms with Crippen LogP contribution in [-0.4, -0.2) is 60.1 Å². The molecule has 2 aromatic rings. The number of piperazine rings is 1. The van der Waals surface area contributed by atoms with Crippen molar-refractivity contribution in [3.05, 3.63) is 39.5 Å². The van der Waals surface area contributed by atoms with Crippen molar-refractivity contribution in [1.82, 2.24) is 25.5 Å². The molecule has 9 heteroatoms. The van der Waals surface area contributed by atoms with E-state index in [4.69, 9.17) is 4.99 Å². The van der Waals surface area contributed by atoms with Crippen LogP contribution in [0.25, 0.3) is 0 Å². The quantitative estimate of drug-likeness (QED) is 0.318. The molecule has 30 heavy (non-hydrogen) atoms. The summed E-state index contributed by atoms with van der Waals surface area (Å²) in [7, 11) is 0. The van der Waals surface area contributed by atoms with E-state index in [1.807, 2.05) is 13.1 Å². The van der Waals surface area contributed by atoms with E-state index in [0.29, 0.717) is 6.54 Å². The molecule has 0 spiro atoms. The molecule has 2 aromatic heterocycles. The summed E-state index contributed by atoms with van der Waals surface area (Å²) in [6.07, 6.45) is 1.95. The van der Waals surface area contributed by atoms with Gasteiger partial charge < -0.3 is 20.4 Å². The second-order valence-electron chi connectivity index (χ2n) is 7.24. The Labute approximate surface area is 201 Å². The first-order valence-corrected chi connectivity index (χ1v) is 11.3. The maximum atomic E-state index is 4.72. The van der Waals surface area contributed by atoms with Crippen molar-refractivity contribution in [2.75, 3.05) is 44.2 Å². The number of aryl methyl sites for hydroxylation is 2. The van der Waals surface area contributed by atoms with E-state index in [9.17, 15) is 0 Å². The van der Waals surface area contributed by atoms with Crippen LogP contribution in [0.3, 0.4) is 0 Å². The molecule has 0 aliphatic carbocycles. The van der Waals surface area contributed by atoms with E-state index >= 15 is 0 Å². The van der Waals surface area contributed by atoms with Crippen LogP contribution < -0.4 is 15.5 Å². The molecule has 1 aliphatic heterocycles. The maximum Gasteiger partial charge on any atom is 0.191 e. The molecular formula is C21H34IN7S. The van der Waals surface area contributed by atoms with Crippen molar-refractivity contribution >= 4 is 47.1 Å². The Bertz CT molecular complexity index is 798. The fourth-order valence-corrected chi connectivity index (χ4v) is 4.28. The van der Waals surface area contributed by atoms with Crippen molar-refractivity contribution in [2.24, 2.45) is 4.99 Å². The van der Waals surface area contributed by atoms with Crippen LogP contribution in [0.2, 0.25) is 0 Å². The Morgan fingerprint density at radius 1 is 1.13 bits per heavy atom. The molecule has 0 radical (unpaired) electrons. The number of hydrogen-bond donors (Lipinski definition) is 2. The lowest BCUT2D eigenvalue weighted by atomic mass is 10.2. The van der Waals surface area contributed by atoms with Gasteiger partial charge >= 0.3 is 0 Å². The standard InChI is InChI=1S/C21H33N7S.HI/c1-5-22-21(25-15-19-16(3)26-17(4)29-19)24-14-18-7-8-20(23-13-18)28-11-9-27(6-2)10-12-28;/h7-8,13H,5-6,9-12,14-15H2,1-4H3,(H2,22,24,25);1H. The highest BCUT2D eigenvalue weighted by Gasteiger charge is 2.16. The van der Waals surface area contributed by atoms with Gasteiger partial charge in [-0.05, 0) is 38.9 Å². The minimum Gasteiger partial charge on any atom is -0.357 e. The van der Waals surface area contributed by atoms with E-state index in [0.717, 1.165) is 73.9 Å². The third-order valence-corrected chi connectivity index (χ3v) is 6.21. The van der Waals surface area contributed by atoms with Crippen molar-refractivity contribution in [3.8, 4) is 0 Å². The highest BCUT2D eigenvalue weighted by Crippen LogP contribution is 2.17. The smallest absolute Gasteiger partial charge is 0.191 e. The average molecular weight is 544 g/mol. The lowest BCUT2D eigenvalue weighted by molar-refractivity contribution is 0.270. The lowest BCUT2D eigenvalue weighted by Gasteiger charge is -2.34. The number of nitrogens with one attached hydrogen (secondary N) is 2. The second-order valence-corrected chi connectivity index (χ2v) is 8.52. The summed E-state index contributed by atoms with van der Waals surface area (Å²) in [5, 5.41) is 7.82. The van der Waals surface area contributed by atoms with E-state index in [1.54, 1.807) is 11.3 Å². The largest absolute Gasteiger partial charge is 0.357 e. The van der Waals surface area contributed by atoms with E-state index in [2.05, 4.69) is 63.3 Å². The van der Waals surface area contributed by atoms with Gasteiger partial charge in [0.2, 0.25) is 0 Å². The normalized spacial score (nSPS) is 15.1. The van der Waals surface area contributed by atoms with Gasteiger partial charge in [0.15, 0.2) is 5.96 Å². The summed E-state index contributed by atoms with van der Waals surface area (Å²) in [4.78, 5) is 20.0. The van der Waals surface area contributed by atoms with Crippen LogP contribution in [0.4, 0.5) is 5.82 Å². The maximum absolute atomic E-state index is 4.72. The molecule has 0 unspecified atom stereocenters. The van der Waals surface area contributed by atoms with Gasteiger partial charge in [-0.1, -0.05) is 13.0 Å². The lowest BCUT2D eigenvalue weighted by Crippen LogP contribution is -2.46. The number of pyridine rings is 1. The zero-order valence-electron chi connectivity index (χ0n) is 18.4. The van der Waals surface area contributed by atoms with Gasteiger partial charge in [0.25, 0.3) is 0 Å². The van der Waals surface area contributed by atoms with Gasteiger partial charge in [-0.15, -0.1) is 35.3 Å². The number of likely N-dealkylation sites (N-methyl/N-ethyl adjacent to an activating group) is 1. The van der Waals surface area contributed by atoms with Crippen molar-refractivity contribution in [3.63, 3.8) is 0 Å². The highest BCUT2D eigenvalue weighted by molar-refractivity contribution is 14.0. The first-order chi connectivity index (χ1) is 14.1. The molecule has 0 saturated carbocycles. The van der Waals surface area contributed by atoms with E-state index in [-0.39, 0.29) is 24.0 Å². The molecule has 2 N–H and O–H groups in total. The van der Waals surface area contributed by atoms with Crippen LogP contribution in [0.5, 0.6) is 0 Å². The molecule has 166 valence electrons. The van der Waals surface area contributed by atoms with Gasteiger partial charge in [0.05, 0.1) is 23.8 Å². The molecule has 1 saturated heterocycles. The number of rotatable bonds is 7. The predicted octanol–water partition coefficient (Wildman–Crippen LogP) is 3.17. The number of halogens is 1. The third-order valence-electron chi connectivity index (χ3n) is 5.13. The first kappa shape index (κ1) is 24.8. The van der Waals surface area contributed by atoms with E-state index in [1.165, 1.54) is 4.88 Å². The molecule has 0 amide bonds. The zero-order chi connectivity index (χ0) is 20.6. The Balaban J connectivity index is 0.00000320. The number of guanidine groups is 1. The Hall–Kier alpha value is -1.46. The van der Waals surface area contributed by atoms with Gasteiger partial charge in [-0.2, -0.15) is 0 Å². The van der Waals surface area contributed by atoms with Gasteiger partial charge in [-0.3, -0.25) is 0 Å². The zero-order valence-corrected chi connectivity index (χ0v) is 21.6. The molecular weight excluding hydrogens is 509 g/mol. The summed E-state index contributed by atoms with van der Waals surface area (Å²) in [5.74, 6) is 1.88. The van der Waals surface area contributed by atoms with Crippen molar-refractivity contribution < 1.29 is 0 Å². The summed E-state index contributed by atoms with van der Waals surface area (Å²) in [6, 6.07) is 4.26. The summed E-state index contributed by atoms with van der Waals surface area (Å²) < 4.78 is 0. The molecule has 3 heterocycles. The minimum absolute atomic E-state index is 0. The van der Waals surface area contributed by atoms with Crippen molar-refractivity contribution in [1.29, 1.82) is 0 Å². The van der Waals surface area contributed by atoms with Gasteiger partial charge in [0, 0.05) is 43.8 Å². The summed E-state index contributed by atoms with van der Waals surface area (Å²) in [5.41, 5.74) is 2.21. The summed E-state index contributed by atoms with van der Waals surface area (Å²) in [6.45, 7) is 16.0. The molecule has 0 aromatic carbocycles. The number of aliphatic imine (C=N–C) groups is 1. The van der Waals surface area contributed by atoms with Gasteiger partial charge in [-0.25, -0.2) is 15.0 Å². The SMILES string of the molecule is CCNC(=NCc1ccc(N2CCN(CC)CC2)nc1)NCc1sc(C)nc1C.I. The van der Waals surface area contributed by atoms with Crippen molar-refractivity contribution in [2.45, 2.75) is 40.8 Å². The van der Waals surface area contributed by atoms with Crippen LogP contribution in [0.1, 0.15) is 35.0 Å². The third kappa shape index (κ3) is 7.05. The Morgan fingerprint density at radius 3 is 2.47 bits per heavy atom. The predicted molar refractivity (Wildman–Crippen MR) is 137 cm³/mol. The number of thiazole rings is 1. The van der Waals surface area contributed by atoms with Crippen LogP contribution in [0, 0.1) is 13.8 Å². The molecule has 0 bridgehead atoms. The minimum atomic E-state index is 0. The van der Waals surface area contributed by atoms with Crippen LogP contribution in [-0.2, 0) is 13.1 Å². The molecule has 3 rings (SSSR count). The fraction of sp³-hybridized carbons (Fsp3) is 0.571. The number of aromatic nitrogens is 2.